The number of rotatable bonds is 2. The van der Waals surface area contributed by atoms with Crippen molar-refractivity contribution in [2.45, 2.75) is 32.8 Å². The molecule has 1 N–H and O–H groups in total. The van der Waals surface area contributed by atoms with Crippen LogP contribution in [0.15, 0.2) is 36.5 Å². The van der Waals surface area contributed by atoms with E-state index < -0.39 is 0 Å². The van der Waals surface area contributed by atoms with Gasteiger partial charge in [0, 0.05) is 23.1 Å². The molecule has 0 saturated carbocycles. The molecule has 1 aromatic heterocycles. The zero-order chi connectivity index (χ0) is 14.3. The molecule has 0 bridgehead atoms. The van der Waals surface area contributed by atoms with Crippen LogP contribution < -0.4 is 4.74 Å². The standard InChI is InChI=1S/C17H21NO2/c1-17(2)10-15-14(16(19)11-17)8-9-18(15)12-4-6-13(20-3)7-5-12/h4-9,16,19H,10-11H2,1-3H3. The quantitative estimate of drug-likeness (QED) is 0.907. The molecule has 20 heavy (non-hydrogen) atoms. The van der Waals surface area contributed by atoms with Crippen molar-refractivity contribution in [1.29, 1.82) is 0 Å². The molecule has 1 unspecified atom stereocenters. The maximum absolute atomic E-state index is 10.3. The van der Waals surface area contributed by atoms with Crippen molar-refractivity contribution in [2.24, 2.45) is 5.41 Å². The van der Waals surface area contributed by atoms with E-state index in [1.807, 2.05) is 30.3 Å². The number of aromatic nitrogens is 1. The summed E-state index contributed by atoms with van der Waals surface area (Å²) in [6.07, 6.45) is 3.51. The summed E-state index contributed by atoms with van der Waals surface area (Å²) in [5.41, 5.74) is 3.53. The van der Waals surface area contributed by atoms with Crippen molar-refractivity contribution in [3.8, 4) is 11.4 Å². The van der Waals surface area contributed by atoms with Crippen LogP contribution in [0.25, 0.3) is 5.69 Å². The second-order valence-corrected chi connectivity index (χ2v) is 6.35. The van der Waals surface area contributed by atoms with Gasteiger partial charge in [0.15, 0.2) is 0 Å². The molecule has 0 spiro atoms. The monoisotopic (exact) mass is 271 g/mol. The Morgan fingerprint density at radius 1 is 1.20 bits per heavy atom. The lowest BCUT2D eigenvalue weighted by molar-refractivity contribution is 0.0987. The van der Waals surface area contributed by atoms with Gasteiger partial charge in [0.2, 0.25) is 0 Å². The van der Waals surface area contributed by atoms with Crippen LogP contribution in [0, 0.1) is 5.41 Å². The highest BCUT2D eigenvalue weighted by molar-refractivity contribution is 5.43. The van der Waals surface area contributed by atoms with E-state index in [9.17, 15) is 5.11 Å². The van der Waals surface area contributed by atoms with Crippen LogP contribution in [-0.4, -0.2) is 16.8 Å². The Bertz CT molecular complexity index is 610. The summed E-state index contributed by atoms with van der Waals surface area (Å²) >= 11 is 0. The Balaban J connectivity index is 2.03. The van der Waals surface area contributed by atoms with Gasteiger partial charge in [-0.15, -0.1) is 0 Å². The predicted octanol–water partition coefficient (Wildman–Crippen LogP) is 3.49. The summed E-state index contributed by atoms with van der Waals surface area (Å²) in [7, 11) is 1.67. The lowest BCUT2D eigenvalue weighted by Gasteiger charge is -2.33. The molecule has 1 aromatic carbocycles. The van der Waals surface area contributed by atoms with E-state index in [0.29, 0.717) is 0 Å². The summed E-state index contributed by atoms with van der Waals surface area (Å²) in [6, 6.07) is 10.1. The summed E-state index contributed by atoms with van der Waals surface area (Å²) in [5, 5.41) is 10.3. The Morgan fingerprint density at radius 2 is 1.90 bits per heavy atom. The van der Waals surface area contributed by atoms with Crippen molar-refractivity contribution in [2.75, 3.05) is 7.11 Å². The second-order valence-electron chi connectivity index (χ2n) is 6.35. The fraction of sp³-hybridized carbons (Fsp3) is 0.412. The highest BCUT2D eigenvalue weighted by Crippen LogP contribution is 2.41. The molecule has 0 aliphatic heterocycles. The van der Waals surface area contributed by atoms with Crippen LogP contribution in [0.5, 0.6) is 5.75 Å². The molecule has 1 aliphatic carbocycles. The second kappa shape index (κ2) is 4.67. The van der Waals surface area contributed by atoms with Gasteiger partial charge in [0.25, 0.3) is 0 Å². The van der Waals surface area contributed by atoms with Crippen LogP contribution in [0.2, 0.25) is 0 Å². The fourth-order valence-corrected chi connectivity index (χ4v) is 3.11. The van der Waals surface area contributed by atoms with Gasteiger partial charge in [0.1, 0.15) is 5.75 Å². The van der Waals surface area contributed by atoms with Crippen LogP contribution in [0.1, 0.15) is 37.6 Å². The van der Waals surface area contributed by atoms with E-state index in [2.05, 4.69) is 24.6 Å². The van der Waals surface area contributed by atoms with E-state index in [0.717, 1.165) is 29.8 Å². The molecule has 3 heteroatoms. The number of fused-ring (bicyclic) bond motifs is 1. The summed E-state index contributed by atoms with van der Waals surface area (Å²) in [5.74, 6) is 0.857. The molecule has 3 rings (SSSR count). The Kier molecular flexibility index (Phi) is 3.09. The van der Waals surface area contributed by atoms with Gasteiger partial charge >= 0.3 is 0 Å². The van der Waals surface area contributed by atoms with Crippen molar-refractivity contribution in [1.82, 2.24) is 4.57 Å². The van der Waals surface area contributed by atoms with E-state index >= 15 is 0 Å². The third-order valence-electron chi connectivity index (χ3n) is 4.13. The van der Waals surface area contributed by atoms with Gasteiger partial charge in [-0.25, -0.2) is 0 Å². The normalized spacial score (nSPS) is 20.5. The van der Waals surface area contributed by atoms with Gasteiger partial charge in [-0.3, -0.25) is 0 Å². The average Bonchev–Trinajstić information content (AvgIpc) is 2.81. The molecular weight excluding hydrogens is 250 g/mol. The maximum atomic E-state index is 10.3. The molecule has 0 saturated heterocycles. The van der Waals surface area contributed by atoms with Crippen molar-refractivity contribution < 1.29 is 9.84 Å². The van der Waals surface area contributed by atoms with E-state index in [4.69, 9.17) is 4.74 Å². The van der Waals surface area contributed by atoms with Crippen molar-refractivity contribution in [3.63, 3.8) is 0 Å². The van der Waals surface area contributed by atoms with Gasteiger partial charge in [-0.2, -0.15) is 0 Å². The van der Waals surface area contributed by atoms with Crippen LogP contribution >= 0.6 is 0 Å². The summed E-state index contributed by atoms with van der Waals surface area (Å²) in [4.78, 5) is 0. The minimum Gasteiger partial charge on any atom is -0.497 e. The fourth-order valence-electron chi connectivity index (χ4n) is 3.11. The third kappa shape index (κ3) is 2.22. The van der Waals surface area contributed by atoms with E-state index in [-0.39, 0.29) is 11.5 Å². The zero-order valence-electron chi connectivity index (χ0n) is 12.3. The number of hydrogen-bond donors (Lipinski definition) is 1. The van der Waals surface area contributed by atoms with Crippen LogP contribution in [0.3, 0.4) is 0 Å². The van der Waals surface area contributed by atoms with Gasteiger partial charge in [-0.05, 0) is 48.6 Å². The number of ether oxygens (including phenoxy) is 1. The molecule has 106 valence electrons. The minimum absolute atomic E-state index is 0.134. The van der Waals surface area contributed by atoms with Crippen molar-refractivity contribution >= 4 is 0 Å². The first kappa shape index (κ1) is 13.3. The lowest BCUT2D eigenvalue weighted by atomic mass is 9.75. The molecule has 3 nitrogen and oxygen atoms in total. The number of methoxy groups -OCH3 is 1. The Labute approximate surface area is 119 Å². The number of benzene rings is 1. The predicted molar refractivity (Wildman–Crippen MR) is 79.4 cm³/mol. The number of aliphatic hydroxyl groups excluding tert-OH is 1. The molecule has 1 atom stereocenters. The van der Waals surface area contributed by atoms with Gasteiger partial charge in [-0.1, -0.05) is 13.8 Å². The highest BCUT2D eigenvalue weighted by atomic mass is 16.5. The highest BCUT2D eigenvalue weighted by Gasteiger charge is 2.33. The Hall–Kier alpha value is -1.74. The molecule has 0 fully saturated rings. The van der Waals surface area contributed by atoms with Crippen LogP contribution in [0.4, 0.5) is 0 Å². The molecule has 1 heterocycles. The lowest BCUT2D eigenvalue weighted by Crippen LogP contribution is -2.26. The topological polar surface area (TPSA) is 34.4 Å². The first-order valence-electron chi connectivity index (χ1n) is 7.03. The SMILES string of the molecule is COc1ccc(-n2ccc3c2CC(C)(C)CC3O)cc1. The smallest absolute Gasteiger partial charge is 0.119 e. The van der Waals surface area contributed by atoms with Gasteiger partial charge in [0.05, 0.1) is 13.2 Å². The maximum Gasteiger partial charge on any atom is 0.119 e. The Morgan fingerprint density at radius 3 is 2.55 bits per heavy atom. The molecule has 0 amide bonds. The number of nitrogens with zero attached hydrogens (tertiary/aromatic N) is 1. The van der Waals surface area contributed by atoms with E-state index in [1.165, 1.54) is 5.69 Å². The molecule has 0 radical (unpaired) electrons. The summed E-state index contributed by atoms with van der Waals surface area (Å²) < 4.78 is 7.38. The number of aliphatic hydroxyl groups is 1. The number of hydrogen-bond acceptors (Lipinski definition) is 2. The first-order valence-corrected chi connectivity index (χ1v) is 7.03. The van der Waals surface area contributed by atoms with Crippen molar-refractivity contribution in [3.05, 3.63) is 47.8 Å². The van der Waals surface area contributed by atoms with E-state index in [1.54, 1.807) is 7.11 Å². The first-order chi connectivity index (χ1) is 9.50. The minimum atomic E-state index is -0.353. The largest absolute Gasteiger partial charge is 0.497 e. The summed E-state index contributed by atoms with van der Waals surface area (Å²) in [6.45, 7) is 4.43. The molecule has 2 aromatic rings. The molecular formula is C17H21NO2. The zero-order valence-corrected chi connectivity index (χ0v) is 12.3. The van der Waals surface area contributed by atoms with Crippen LogP contribution in [-0.2, 0) is 6.42 Å². The molecule has 1 aliphatic rings. The third-order valence-corrected chi connectivity index (χ3v) is 4.13. The van der Waals surface area contributed by atoms with Gasteiger partial charge < -0.3 is 14.4 Å². The average molecular weight is 271 g/mol.